The van der Waals surface area contributed by atoms with Gasteiger partial charge in [0.1, 0.15) is 0 Å². The second-order valence-corrected chi connectivity index (χ2v) is 3.60. The van der Waals surface area contributed by atoms with Crippen molar-refractivity contribution in [2.75, 3.05) is 26.9 Å². The van der Waals surface area contributed by atoms with Gasteiger partial charge in [-0.3, -0.25) is 0 Å². The van der Waals surface area contributed by atoms with E-state index in [-0.39, 0.29) is 6.10 Å². The van der Waals surface area contributed by atoms with Crippen molar-refractivity contribution in [3.05, 3.63) is 0 Å². The molecule has 0 rings (SSSR count). The number of ether oxygens (including phenoxy) is 2. The predicted octanol–water partition coefficient (Wildman–Crippen LogP) is 1.43. The monoisotopic (exact) mass is 189 g/mol. The molecule has 0 spiro atoms. The Bertz CT molecular complexity index is 107. The molecule has 0 aliphatic heterocycles. The SMILES string of the molecule is COCC(C)OCCCNC(C)C. The number of nitrogens with one attached hydrogen (secondary N) is 1. The summed E-state index contributed by atoms with van der Waals surface area (Å²) in [6.07, 6.45) is 1.27. The molecule has 3 nitrogen and oxygen atoms in total. The lowest BCUT2D eigenvalue weighted by atomic mass is 10.3. The summed E-state index contributed by atoms with van der Waals surface area (Å²) < 4.78 is 10.5. The molecular weight excluding hydrogens is 166 g/mol. The van der Waals surface area contributed by atoms with Crippen LogP contribution in [0.4, 0.5) is 0 Å². The molecule has 80 valence electrons. The topological polar surface area (TPSA) is 30.5 Å². The molecule has 1 unspecified atom stereocenters. The average molecular weight is 189 g/mol. The molecule has 1 N–H and O–H groups in total. The fraction of sp³-hybridized carbons (Fsp3) is 1.00. The van der Waals surface area contributed by atoms with Crippen molar-refractivity contribution in [1.82, 2.24) is 5.32 Å². The Balaban J connectivity index is 3.06. The third-order valence-electron chi connectivity index (χ3n) is 1.68. The van der Waals surface area contributed by atoms with Crippen molar-refractivity contribution in [2.24, 2.45) is 0 Å². The van der Waals surface area contributed by atoms with Crippen LogP contribution in [0.3, 0.4) is 0 Å². The smallest absolute Gasteiger partial charge is 0.0780 e. The second-order valence-electron chi connectivity index (χ2n) is 3.60. The first-order valence-electron chi connectivity index (χ1n) is 5.00. The van der Waals surface area contributed by atoms with Crippen LogP contribution in [0.25, 0.3) is 0 Å². The largest absolute Gasteiger partial charge is 0.382 e. The third kappa shape index (κ3) is 9.80. The first-order chi connectivity index (χ1) is 6.16. The van der Waals surface area contributed by atoms with Gasteiger partial charge in [0.25, 0.3) is 0 Å². The molecule has 0 aliphatic rings. The summed E-state index contributed by atoms with van der Waals surface area (Å²) >= 11 is 0. The Morgan fingerprint density at radius 2 is 1.92 bits per heavy atom. The number of hydrogen-bond donors (Lipinski definition) is 1. The lowest BCUT2D eigenvalue weighted by Crippen LogP contribution is -2.25. The minimum Gasteiger partial charge on any atom is -0.382 e. The first kappa shape index (κ1) is 12.9. The molecule has 0 aliphatic carbocycles. The van der Waals surface area contributed by atoms with Crippen molar-refractivity contribution in [2.45, 2.75) is 39.3 Å². The molecule has 0 saturated heterocycles. The van der Waals surface area contributed by atoms with Crippen LogP contribution in [0.15, 0.2) is 0 Å². The predicted molar refractivity (Wildman–Crippen MR) is 55.0 cm³/mol. The van der Waals surface area contributed by atoms with Gasteiger partial charge in [0.2, 0.25) is 0 Å². The van der Waals surface area contributed by atoms with Crippen molar-refractivity contribution >= 4 is 0 Å². The summed E-state index contributed by atoms with van der Waals surface area (Å²) in [7, 11) is 1.69. The zero-order valence-electron chi connectivity index (χ0n) is 9.30. The van der Waals surface area contributed by atoms with Gasteiger partial charge in [-0.05, 0) is 19.9 Å². The molecule has 0 amide bonds. The first-order valence-corrected chi connectivity index (χ1v) is 5.00. The lowest BCUT2D eigenvalue weighted by molar-refractivity contribution is 0.00831. The Morgan fingerprint density at radius 3 is 2.46 bits per heavy atom. The summed E-state index contributed by atoms with van der Waals surface area (Å²) in [6.45, 7) is 8.83. The standard InChI is InChI=1S/C10H23NO2/c1-9(2)11-6-5-7-13-10(3)8-12-4/h9-11H,5-8H2,1-4H3. The molecule has 0 aromatic rings. The maximum atomic E-state index is 5.50. The van der Waals surface area contributed by atoms with Gasteiger partial charge in [-0.25, -0.2) is 0 Å². The zero-order valence-corrected chi connectivity index (χ0v) is 9.30. The van der Waals surface area contributed by atoms with E-state index >= 15 is 0 Å². The number of rotatable bonds is 8. The van der Waals surface area contributed by atoms with E-state index in [4.69, 9.17) is 9.47 Å². The summed E-state index contributed by atoms with van der Waals surface area (Å²) in [5, 5.41) is 3.34. The Labute approximate surface area is 81.8 Å². The van der Waals surface area contributed by atoms with Crippen LogP contribution in [-0.2, 0) is 9.47 Å². The van der Waals surface area contributed by atoms with Crippen LogP contribution >= 0.6 is 0 Å². The van der Waals surface area contributed by atoms with E-state index in [1.54, 1.807) is 7.11 Å². The van der Waals surface area contributed by atoms with E-state index in [9.17, 15) is 0 Å². The van der Waals surface area contributed by atoms with Crippen LogP contribution < -0.4 is 5.32 Å². The Hall–Kier alpha value is -0.120. The van der Waals surface area contributed by atoms with Crippen molar-refractivity contribution in [3.8, 4) is 0 Å². The highest BCUT2D eigenvalue weighted by atomic mass is 16.5. The maximum Gasteiger partial charge on any atom is 0.0780 e. The minimum atomic E-state index is 0.212. The number of methoxy groups -OCH3 is 1. The van der Waals surface area contributed by atoms with Gasteiger partial charge in [0.15, 0.2) is 0 Å². The van der Waals surface area contributed by atoms with Crippen LogP contribution in [0, 0.1) is 0 Å². The van der Waals surface area contributed by atoms with Crippen molar-refractivity contribution < 1.29 is 9.47 Å². The highest BCUT2D eigenvalue weighted by Crippen LogP contribution is 1.92. The quantitative estimate of drug-likeness (QED) is 0.586. The van der Waals surface area contributed by atoms with Crippen LogP contribution in [0.1, 0.15) is 27.2 Å². The zero-order chi connectivity index (χ0) is 10.1. The van der Waals surface area contributed by atoms with Crippen LogP contribution in [0.2, 0.25) is 0 Å². The fourth-order valence-corrected chi connectivity index (χ4v) is 1.03. The molecule has 0 heterocycles. The molecule has 0 aromatic heterocycles. The summed E-state index contributed by atoms with van der Waals surface area (Å²) in [4.78, 5) is 0. The van der Waals surface area contributed by atoms with Crippen LogP contribution in [0.5, 0.6) is 0 Å². The van der Waals surface area contributed by atoms with Gasteiger partial charge in [-0.15, -0.1) is 0 Å². The van der Waals surface area contributed by atoms with E-state index in [0.29, 0.717) is 12.6 Å². The van der Waals surface area contributed by atoms with Gasteiger partial charge in [0.05, 0.1) is 12.7 Å². The van der Waals surface area contributed by atoms with Gasteiger partial charge < -0.3 is 14.8 Å². The molecule has 0 fully saturated rings. The normalized spacial score (nSPS) is 13.6. The molecular formula is C10H23NO2. The summed E-state index contributed by atoms with van der Waals surface area (Å²) in [6, 6.07) is 0.566. The molecule has 0 aromatic carbocycles. The minimum absolute atomic E-state index is 0.212. The van der Waals surface area contributed by atoms with Crippen LogP contribution in [-0.4, -0.2) is 39.0 Å². The van der Waals surface area contributed by atoms with E-state index in [2.05, 4.69) is 19.2 Å². The molecule has 13 heavy (non-hydrogen) atoms. The van der Waals surface area contributed by atoms with E-state index < -0.39 is 0 Å². The van der Waals surface area contributed by atoms with E-state index in [0.717, 1.165) is 19.6 Å². The molecule has 0 radical (unpaired) electrons. The van der Waals surface area contributed by atoms with Gasteiger partial charge in [-0.2, -0.15) is 0 Å². The molecule has 0 saturated carbocycles. The van der Waals surface area contributed by atoms with Gasteiger partial charge in [-0.1, -0.05) is 13.8 Å². The van der Waals surface area contributed by atoms with E-state index in [1.165, 1.54) is 0 Å². The Kier molecular flexibility index (Phi) is 8.40. The van der Waals surface area contributed by atoms with Crippen molar-refractivity contribution in [3.63, 3.8) is 0 Å². The summed E-state index contributed by atoms with van der Waals surface area (Å²) in [5.74, 6) is 0. The highest BCUT2D eigenvalue weighted by Gasteiger charge is 1.99. The third-order valence-corrected chi connectivity index (χ3v) is 1.68. The lowest BCUT2D eigenvalue weighted by Gasteiger charge is -2.12. The second kappa shape index (κ2) is 8.48. The summed E-state index contributed by atoms with van der Waals surface area (Å²) in [5.41, 5.74) is 0. The molecule has 1 atom stereocenters. The Morgan fingerprint density at radius 1 is 1.23 bits per heavy atom. The molecule has 0 bridgehead atoms. The van der Waals surface area contributed by atoms with E-state index in [1.807, 2.05) is 6.92 Å². The molecule has 3 heteroatoms. The average Bonchev–Trinajstić information content (AvgIpc) is 2.03. The fourth-order valence-electron chi connectivity index (χ4n) is 1.03. The van der Waals surface area contributed by atoms with Gasteiger partial charge >= 0.3 is 0 Å². The highest BCUT2D eigenvalue weighted by molar-refractivity contribution is 4.53. The number of hydrogen-bond acceptors (Lipinski definition) is 3. The maximum absolute atomic E-state index is 5.50. The van der Waals surface area contributed by atoms with Gasteiger partial charge in [0, 0.05) is 19.8 Å². The van der Waals surface area contributed by atoms with Crippen molar-refractivity contribution in [1.29, 1.82) is 0 Å².